The molecule has 1 aliphatic carbocycles. The van der Waals surface area contributed by atoms with Crippen LogP contribution in [0.2, 0.25) is 0 Å². The van der Waals surface area contributed by atoms with Crippen LogP contribution in [-0.2, 0) is 4.74 Å². The van der Waals surface area contributed by atoms with Crippen LogP contribution in [0, 0.1) is 11.8 Å². The standard InChI is InChI=1S/C11H18F3NO2/c1-7-3-4-9(5-8(7)2)15-10(16)17-6-11(12,13)14/h7-9H,3-6H2,1-2H3,(H,15,16). The molecule has 1 fully saturated rings. The zero-order chi connectivity index (χ0) is 13.1. The molecular formula is C11H18F3NO2. The maximum Gasteiger partial charge on any atom is 0.422 e. The summed E-state index contributed by atoms with van der Waals surface area (Å²) < 4.78 is 39.5. The number of alkyl halides is 3. The van der Waals surface area contributed by atoms with Crippen molar-refractivity contribution in [3.8, 4) is 0 Å². The van der Waals surface area contributed by atoms with Crippen LogP contribution in [-0.4, -0.2) is 24.9 Å². The van der Waals surface area contributed by atoms with Crippen LogP contribution in [0.1, 0.15) is 33.1 Å². The third kappa shape index (κ3) is 5.28. The minimum atomic E-state index is -4.47. The zero-order valence-corrected chi connectivity index (χ0v) is 10.0. The Bertz CT molecular complexity index is 268. The van der Waals surface area contributed by atoms with E-state index in [2.05, 4.69) is 23.9 Å². The third-order valence-electron chi connectivity index (χ3n) is 3.29. The summed E-state index contributed by atoms with van der Waals surface area (Å²) in [6.07, 6.45) is -2.87. The fraction of sp³-hybridized carbons (Fsp3) is 0.909. The highest BCUT2D eigenvalue weighted by Gasteiger charge is 2.31. The maximum absolute atomic E-state index is 11.8. The largest absolute Gasteiger partial charge is 0.440 e. The van der Waals surface area contributed by atoms with E-state index >= 15 is 0 Å². The van der Waals surface area contributed by atoms with Gasteiger partial charge in [-0.15, -0.1) is 0 Å². The number of hydrogen-bond acceptors (Lipinski definition) is 2. The maximum atomic E-state index is 11.8. The Morgan fingerprint density at radius 3 is 2.47 bits per heavy atom. The number of hydrogen-bond donors (Lipinski definition) is 1. The minimum absolute atomic E-state index is 0.0677. The third-order valence-corrected chi connectivity index (χ3v) is 3.29. The summed E-state index contributed by atoms with van der Waals surface area (Å²) in [5.74, 6) is 1.07. The van der Waals surface area contributed by atoms with Crippen LogP contribution in [0.3, 0.4) is 0 Å². The Hall–Kier alpha value is -0.940. The number of ether oxygens (including phenoxy) is 1. The number of alkyl carbamates (subject to hydrolysis) is 1. The van der Waals surface area contributed by atoms with Gasteiger partial charge in [-0.2, -0.15) is 13.2 Å². The van der Waals surface area contributed by atoms with Gasteiger partial charge >= 0.3 is 12.3 Å². The highest BCUT2D eigenvalue weighted by Crippen LogP contribution is 2.29. The summed E-state index contributed by atoms with van der Waals surface area (Å²) in [6, 6.07) is -0.0677. The van der Waals surface area contributed by atoms with Gasteiger partial charge in [-0.1, -0.05) is 13.8 Å². The fourth-order valence-electron chi connectivity index (χ4n) is 2.03. The number of halogens is 3. The smallest absolute Gasteiger partial charge is 0.422 e. The lowest BCUT2D eigenvalue weighted by Gasteiger charge is -2.32. The van der Waals surface area contributed by atoms with E-state index < -0.39 is 18.9 Å². The molecule has 100 valence electrons. The molecule has 0 radical (unpaired) electrons. The van der Waals surface area contributed by atoms with Gasteiger partial charge in [0.2, 0.25) is 0 Å². The second-order valence-corrected chi connectivity index (χ2v) is 4.80. The number of amides is 1. The van der Waals surface area contributed by atoms with Crippen molar-refractivity contribution in [2.75, 3.05) is 6.61 Å². The lowest BCUT2D eigenvalue weighted by molar-refractivity contribution is -0.160. The van der Waals surface area contributed by atoms with Crippen LogP contribution >= 0.6 is 0 Å². The first-order valence-electron chi connectivity index (χ1n) is 5.78. The molecule has 0 saturated heterocycles. The van der Waals surface area contributed by atoms with Crippen molar-refractivity contribution in [3.05, 3.63) is 0 Å². The van der Waals surface area contributed by atoms with Gasteiger partial charge < -0.3 is 10.1 Å². The van der Waals surface area contributed by atoms with E-state index in [0.29, 0.717) is 11.8 Å². The highest BCUT2D eigenvalue weighted by molar-refractivity contribution is 5.67. The minimum Gasteiger partial charge on any atom is -0.440 e. The monoisotopic (exact) mass is 253 g/mol. The molecule has 0 heterocycles. The molecule has 3 nitrogen and oxygen atoms in total. The van der Waals surface area contributed by atoms with Gasteiger partial charge in [0.25, 0.3) is 0 Å². The SMILES string of the molecule is CC1CCC(NC(=O)OCC(F)(F)F)CC1C. The molecule has 1 N–H and O–H groups in total. The summed E-state index contributed by atoms with van der Waals surface area (Å²) in [5.41, 5.74) is 0. The summed E-state index contributed by atoms with van der Waals surface area (Å²) in [6.45, 7) is 2.69. The van der Waals surface area contributed by atoms with Crippen molar-refractivity contribution < 1.29 is 22.7 Å². The van der Waals surface area contributed by atoms with Gasteiger partial charge in [-0.05, 0) is 31.1 Å². The van der Waals surface area contributed by atoms with Crippen LogP contribution in [0.4, 0.5) is 18.0 Å². The van der Waals surface area contributed by atoms with E-state index in [-0.39, 0.29) is 6.04 Å². The molecule has 0 aliphatic heterocycles. The molecule has 0 aromatic heterocycles. The van der Waals surface area contributed by atoms with Crippen LogP contribution in [0.25, 0.3) is 0 Å². The molecule has 0 spiro atoms. The van der Waals surface area contributed by atoms with Gasteiger partial charge in [0.1, 0.15) is 0 Å². The first-order chi connectivity index (χ1) is 7.78. The molecule has 0 bridgehead atoms. The predicted octanol–water partition coefficient (Wildman–Crippen LogP) is 3.10. The first-order valence-corrected chi connectivity index (χ1v) is 5.78. The summed E-state index contributed by atoms with van der Waals surface area (Å²) in [7, 11) is 0. The van der Waals surface area contributed by atoms with Crippen LogP contribution < -0.4 is 5.32 Å². The average Bonchev–Trinajstić information content (AvgIpc) is 2.20. The van der Waals surface area contributed by atoms with Crippen molar-refractivity contribution in [3.63, 3.8) is 0 Å². The Morgan fingerprint density at radius 1 is 1.29 bits per heavy atom. The predicted molar refractivity (Wildman–Crippen MR) is 56.5 cm³/mol. The van der Waals surface area contributed by atoms with E-state index in [1.165, 1.54) is 0 Å². The molecule has 3 unspecified atom stereocenters. The van der Waals surface area contributed by atoms with E-state index in [4.69, 9.17) is 0 Å². The molecule has 6 heteroatoms. The van der Waals surface area contributed by atoms with E-state index in [9.17, 15) is 18.0 Å². The van der Waals surface area contributed by atoms with E-state index in [1.54, 1.807) is 0 Å². The number of carbonyl (C=O) groups is 1. The molecule has 1 rings (SSSR count). The molecule has 3 atom stereocenters. The lowest BCUT2D eigenvalue weighted by Crippen LogP contribution is -2.41. The summed E-state index contributed by atoms with van der Waals surface area (Å²) in [4.78, 5) is 11.1. The van der Waals surface area contributed by atoms with Crippen molar-refractivity contribution in [2.24, 2.45) is 11.8 Å². The van der Waals surface area contributed by atoms with Gasteiger partial charge in [0, 0.05) is 6.04 Å². The number of nitrogens with one attached hydrogen (secondary N) is 1. The van der Waals surface area contributed by atoms with Gasteiger partial charge in [-0.25, -0.2) is 4.79 Å². The van der Waals surface area contributed by atoms with Gasteiger partial charge in [-0.3, -0.25) is 0 Å². The molecular weight excluding hydrogens is 235 g/mol. The second kappa shape index (κ2) is 5.60. The Balaban J connectivity index is 2.27. The molecule has 0 aromatic rings. The quantitative estimate of drug-likeness (QED) is 0.821. The highest BCUT2D eigenvalue weighted by atomic mass is 19.4. The first kappa shape index (κ1) is 14.1. The van der Waals surface area contributed by atoms with Crippen molar-refractivity contribution >= 4 is 6.09 Å². The fourth-order valence-corrected chi connectivity index (χ4v) is 2.03. The van der Waals surface area contributed by atoms with E-state index in [1.807, 2.05) is 0 Å². The lowest BCUT2D eigenvalue weighted by atomic mass is 9.79. The van der Waals surface area contributed by atoms with Crippen LogP contribution in [0.5, 0.6) is 0 Å². The zero-order valence-electron chi connectivity index (χ0n) is 10.0. The number of carbonyl (C=O) groups excluding carboxylic acids is 1. The second-order valence-electron chi connectivity index (χ2n) is 4.80. The van der Waals surface area contributed by atoms with Crippen molar-refractivity contribution in [1.29, 1.82) is 0 Å². The van der Waals surface area contributed by atoms with Gasteiger partial charge in [0.15, 0.2) is 6.61 Å². The summed E-state index contributed by atoms with van der Waals surface area (Å²) in [5, 5.41) is 2.48. The molecule has 1 amide bonds. The Morgan fingerprint density at radius 2 is 1.94 bits per heavy atom. The topological polar surface area (TPSA) is 38.3 Å². The van der Waals surface area contributed by atoms with Crippen molar-refractivity contribution in [2.45, 2.75) is 45.3 Å². The molecule has 1 aliphatic rings. The molecule has 17 heavy (non-hydrogen) atoms. The van der Waals surface area contributed by atoms with Crippen LogP contribution in [0.15, 0.2) is 0 Å². The van der Waals surface area contributed by atoms with Gasteiger partial charge in [0.05, 0.1) is 0 Å². The molecule has 0 aromatic carbocycles. The Labute approximate surface area is 98.7 Å². The average molecular weight is 253 g/mol. The summed E-state index contributed by atoms with van der Waals surface area (Å²) >= 11 is 0. The normalized spacial score (nSPS) is 29.8. The van der Waals surface area contributed by atoms with E-state index in [0.717, 1.165) is 19.3 Å². The van der Waals surface area contributed by atoms with Crippen molar-refractivity contribution in [1.82, 2.24) is 5.32 Å². The number of rotatable bonds is 2. The Kier molecular flexibility index (Phi) is 4.65. The molecule has 1 saturated carbocycles.